The predicted octanol–water partition coefficient (Wildman–Crippen LogP) is 2.40. The number of nitrogens with one attached hydrogen (secondary N) is 1. The van der Waals surface area contributed by atoms with Gasteiger partial charge in [-0.05, 0) is 35.1 Å². The lowest BCUT2D eigenvalue weighted by atomic mass is 10.0. The molecule has 4 heterocycles. The molecule has 1 N–H and O–H groups in total. The highest BCUT2D eigenvalue weighted by Crippen LogP contribution is 2.25. The van der Waals surface area contributed by atoms with Crippen molar-refractivity contribution in [1.29, 1.82) is 0 Å². The molecule has 0 saturated carbocycles. The van der Waals surface area contributed by atoms with Crippen LogP contribution in [0.2, 0.25) is 0 Å². The Hall–Kier alpha value is -1.96. The Labute approximate surface area is 175 Å². The van der Waals surface area contributed by atoms with Crippen molar-refractivity contribution in [2.75, 3.05) is 26.2 Å². The Balaban J connectivity index is 0.00000225. The van der Waals surface area contributed by atoms with Crippen LogP contribution in [0.4, 0.5) is 0 Å². The van der Waals surface area contributed by atoms with Gasteiger partial charge in [0.2, 0.25) is 11.8 Å². The number of halogens is 1. The maximum atomic E-state index is 12.8. The summed E-state index contributed by atoms with van der Waals surface area (Å²) < 4.78 is 0. The van der Waals surface area contributed by atoms with Crippen molar-refractivity contribution >= 4 is 35.6 Å². The zero-order chi connectivity index (χ0) is 18.6. The van der Waals surface area contributed by atoms with Crippen LogP contribution < -0.4 is 5.32 Å². The maximum Gasteiger partial charge on any atom is 0.223 e. The van der Waals surface area contributed by atoms with Crippen LogP contribution in [-0.2, 0) is 22.6 Å². The molecule has 4 rings (SSSR count). The Bertz CT molecular complexity index is 814. The molecule has 0 aliphatic carbocycles. The van der Waals surface area contributed by atoms with Crippen molar-refractivity contribution < 1.29 is 9.59 Å². The smallest absolute Gasteiger partial charge is 0.223 e. The molecule has 6 nitrogen and oxygen atoms in total. The number of carbonyl (C=O) groups is 2. The van der Waals surface area contributed by atoms with Crippen molar-refractivity contribution in [3.63, 3.8) is 0 Å². The summed E-state index contributed by atoms with van der Waals surface area (Å²) >= 11 is 1.76. The minimum Gasteiger partial charge on any atom is -0.338 e. The number of hydrogen-bond donors (Lipinski definition) is 1. The average molecular weight is 421 g/mol. The molecule has 2 aromatic rings. The molecule has 2 aliphatic rings. The molecular formula is C20H25ClN4O2S. The lowest BCUT2D eigenvalue weighted by molar-refractivity contribution is -0.139. The van der Waals surface area contributed by atoms with Gasteiger partial charge in [0.15, 0.2) is 0 Å². The molecule has 8 heteroatoms. The molecule has 2 aromatic heterocycles. The third-order valence-electron chi connectivity index (χ3n) is 5.35. The van der Waals surface area contributed by atoms with Gasteiger partial charge in [-0.1, -0.05) is 6.07 Å². The Morgan fingerprint density at radius 3 is 2.89 bits per heavy atom. The average Bonchev–Trinajstić information content (AvgIpc) is 3.20. The van der Waals surface area contributed by atoms with E-state index in [1.807, 2.05) is 28.1 Å². The highest BCUT2D eigenvalue weighted by atomic mass is 35.5. The summed E-state index contributed by atoms with van der Waals surface area (Å²) in [5.74, 6) is 0.125. The second-order valence-electron chi connectivity index (χ2n) is 7.03. The first-order chi connectivity index (χ1) is 13.2. The van der Waals surface area contributed by atoms with Crippen molar-refractivity contribution in [2.45, 2.75) is 31.8 Å². The molecule has 2 aliphatic heterocycles. The van der Waals surface area contributed by atoms with E-state index in [-0.39, 0.29) is 43.1 Å². The molecule has 2 amide bonds. The minimum atomic E-state index is -0.0154. The fraction of sp³-hybridized carbons (Fsp3) is 0.450. The molecule has 1 atom stereocenters. The van der Waals surface area contributed by atoms with E-state index >= 15 is 0 Å². The number of pyridine rings is 1. The van der Waals surface area contributed by atoms with Crippen molar-refractivity contribution in [3.8, 4) is 0 Å². The van der Waals surface area contributed by atoms with Crippen LogP contribution in [0.1, 0.15) is 34.9 Å². The largest absolute Gasteiger partial charge is 0.338 e. The number of fused-ring (bicyclic) bond motifs is 1. The Morgan fingerprint density at radius 1 is 1.21 bits per heavy atom. The van der Waals surface area contributed by atoms with E-state index in [1.165, 1.54) is 10.4 Å². The summed E-state index contributed by atoms with van der Waals surface area (Å²) in [6.45, 7) is 3.60. The van der Waals surface area contributed by atoms with Gasteiger partial charge in [0.1, 0.15) is 0 Å². The summed E-state index contributed by atoms with van der Waals surface area (Å²) in [4.78, 5) is 34.8. The van der Waals surface area contributed by atoms with Crippen molar-refractivity contribution in [1.82, 2.24) is 20.1 Å². The topological polar surface area (TPSA) is 65.5 Å². The lowest BCUT2D eigenvalue weighted by Gasteiger charge is -2.36. The van der Waals surface area contributed by atoms with Crippen LogP contribution in [0.15, 0.2) is 36.0 Å². The van der Waals surface area contributed by atoms with Crippen molar-refractivity contribution in [3.05, 3.63) is 52.0 Å². The molecular weight excluding hydrogens is 396 g/mol. The molecule has 1 saturated heterocycles. The molecule has 0 bridgehead atoms. The fourth-order valence-electron chi connectivity index (χ4n) is 3.85. The Morgan fingerprint density at radius 2 is 2.07 bits per heavy atom. The third-order valence-corrected chi connectivity index (χ3v) is 6.37. The monoisotopic (exact) mass is 420 g/mol. The number of piperazine rings is 1. The standard InChI is InChI=1S/C20H24N4O2S.ClH/c25-19(23-9-5-18-16(14-23)6-11-27-18)3-4-20(26)24-10-8-22-13-17(24)15-2-1-7-21-12-15;/h1-2,6-7,11-12,17,22H,3-5,8-10,13-14H2;1H. The van der Waals surface area contributed by atoms with Crippen LogP contribution in [0, 0.1) is 0 Å². The highest BCUT2D eigenvalue weighted by molar-refractivity contribution is 7.10. The van der Waals surface area contributed by atoms with Crippen LogP contribution in [0.5, 0.6) is 0 Å². The van der Waals surface area contributed by atoms with Gasteiger partial charge in [0, 0.05) is 62.8 Å². The molecule has 0 aromatic carbocycles. The van der Waals surface area contributed by atoms with Gasteiger partial charge in [0.05, 0.1) is 6.04 Å². The zero-order valence-electron chi connectivity index (χ0n) is 15.7. The van der Waals surface area contributed by atoms with Gasteiger partial charge >= 0.3 is 0 Å². The van der Waals surface area contributed by atoms with E-state index in [1.54, 1.807) is 17.5 Å². The van der Waals surface area contributed by atoms with Gasteiger partial charge in [0.25, 0.3) is 0 Å². The predicted molar refractivity (Wildman–Crippen MR) is 111 cm³/mol. The van der Waals surface area contributed by atoms with Gasteiger partial charge in [-0.3, -0.25) is 14.6 Å². The third kappa shape index (κ3) is 4.54. The van der Waals surface area contributed by atoms with Crippen LogP contribution in [-0.4, -0.2) is 52.8 Å². The number of thiophene rings is 1. The first kappa shape index (κ1) is 20.8. The van der Waals surface area contributed by atoms with Crippen LogP contribution in [0.3, 0.4) is 0 Å². The van der Waals surface area contributed by atoms with E-state index < -0.39 is 0 Å². The molecule has 150 valence electrons. The van der Waals surface area contributed by atoms with Crippen molar-refractivity contribution in [2.24, 2.45) is 0 Å². The van der Waals surface area contributed by atoms with E-state index in [0.29, 0.717) is 13.1 Å². The number of hydrogen-bond acceptors (Lipinski definition) is 5. The summed E-state index contributed by atoms with van der Waals surface area (Å²) in [5.41, 5.74) is 2.29. The van der Waals surface area contributed by atoms with Gasteiger partial charge in [-0.25, -0.2) is 0 Å². The Kier molecular flexibility index (Phi) is 7.04. The minimum absolute atomic E-state index is 0. The van der Waals surface area contributed by atoms with E-state index in [4.69, 9.17) is 0 Å². The van der Waals surface area contributed by atoms with Gasteiger partial charge < -0.3 is 15.1 Å². The highest BCUT2D eigenvalue weighted by Gasteiger charge is 2.29. The van der Waals surface area contributed by atoms with Gasteiger partial charge in [-0.15, -0.1) is 23.7 Å². The summed E-state index contributed by atoms with van der Waals surface area (Å²) in [5, 5.41) is 5.43. The second kappa shape index (κ2) is 9.49. The van der Waals surface area contributed by atoms with E-state index in [0.717, 1.165) is 31.6 Å². The number of amides is 2. The number of carbonyl (C=O) groups excluding carboxylic acids is 2. The molecule has 1 unspecified atom stereocenters. The first-order valence-electron chi connectivity index (χ1n) is 9.45. The van der Waals surface area contributed by atoms with Gasteiger partial charge in [-0.2, -0.15) is 0 Å². The maximum absolute atomic E-state index is 12.8. The number of rotatable bonds is 4. The molecule has 0 spiro atoms. The van der Waals surface area contributed by atoms with Crippen LogP contribution >= 0.6 is 23.7 Å². The zero-order valence-corrected chi connectivity index (χ0v) is 17.3. The molecule has 1 fully saturated rings. The summed E-state index contributed by atoms with van der Waals surface area (Å²) in [6.07, 6.45) is 5.02. The SMILES string of the molecule is Cl.O=C(CCC(=O)N1CCNCC1c1cccnc1)N1CCc2sccc2C1. The quantitative estimate of drug-likeness (QED) is 0.824. The summed E-state index contributed by atoms with van der Waals surface area (Å²) in [7, 11) is 0. The second-order valence-corrected chi connectivity index (χ2v) is 8.03. The molecule has 0 radical (unpaired) electrons. The van der Waals surface area contributed by atoms with E-state index in [9.17, 15) is 9.59 Å². The summed E-state index contributed by atoms with van der Waals surface area (Å²) in [6, 6.07) is 5.98. The fourth-order valence-corrected chi connectivity index (χ4v) is 4.74. The van der Waals surface area contributed by atoms with Crippen LogP contribution in [0.25, 0.3) is 0 Å². The number of aromatic nitrogens is 1. The van der Waals surface area contributed by atoms with E-state index in [2.05, 4.69) is 21.7 Å². The number of nitrogens with zero attached hydrogens (tertiary/aromatic N) is 3. The first-order valence-corrected chi connectivity index (χ1v) is 10.3. The lowest BCUT2D eigenvalue weighted by Crippen LogP contribution is -2.49. The normalized spacial score (nSPS) is 18.9. The molecule has 28 heavy (non-hydrogen) atoms.